The number of aliphatic hydroxyl groups excluding tert-OH is 1. The number of ether oxygens (including phenoxy) is 1. The fraction of sp³-hybridized carbons (Fsp3) is 0.370. The minimum absolute atomic E-state index is 0.0135. The summed E-state index contributed by atoms with van der Waals surface area (Å²) in [6, 6.07) is 15.8. The predicted octanol–water partition coefficient (Wildman–Crippen LogP) is 4.22. The van der Waals surface area contributed by atoms with E-state index in [1.54, 1.807) is 24.6 Å². The van der Waals surface area contributed by atoms with Crippen LogP contribution in [0.25, 0.3) is 0 Å². The Morgan fingerprint density at radius 1 is 1.29 bits per heavy atom. The minimum atomic E-state index is -0.984. The first-order valence-corrected chi connectivity index (χ1v) is 12.7. The van der Waals surface area contributed by atoms with E-state index in [0.717, 1.165) is 33.1 Å². The quantitative estimate of drug-likeness (QED) is 0.327. The fourth-order valence-corrected chi connectivity index (χ4v) is 5.53. The maximum atomic E-state index is 12.8. The molecule has 0 bridgehead atoms. The van der Waals surface area contributed by atoms with Crippen molar-refractivity contribution in [3.63, 3.8) is 0 Å². The Morgan fingerprint density at radius 2 is 2.09 bits per heavy atom. The summed E-state index contributed by atoms with van der Waals surface area (Å²) in [4.78, 5) is 24.4. The molecule has 1 aliphatic rings. The van der Waals surface area contributed by atoms with Gasteiger partial charge in [-0.1, -0.05) is 43.3 Å². The molecule has 0 saturated heterocycles. The average Bonchev–Trinajstić information content (AvgIpc) is 3.21. The third kappa shape index (κ3) is 6.61. The molecule has 2 N–H and O–H groups in total. The zero-order valence-corrected chi connectivity index (χ0v) is 21.0. The van der Waals surface area contributed by atoms with Gasteiger partial charge in [-0.2, -0.15) is 0 Å². The van der Waals surface area contributed by atoms with E-state index in [1.807, 2.05) is 47.5 Å². The maximum absolute atomic E-state index is 12.8. The van der Waals surface area contributed by atoms with Crippen LogP contribution in [0.3, 0.4) is 0 Å². The number of amides is 1. The number of aromatic nitrogens is 1. The molecule has 7 nitrogen and oxygen atoms in total. The number of hydrogen-bond donors (Lipinski definition) is 2. The lowest BCUT2D eigenvalue weighted by atomic mass is 9.97. The molecule has 0 aliphatic carbocycles. The second-order valence-corrected chi connectivity index (χ2v) is 9.79. The number of nitrogens with zero attached hydrogens (tertiary/aromatic N) is 3. The molecule has 8 heteroatoms. The van der Waals surface area contributed by atoms with E-state index in [2.05, 4.69) is 34.3 Å². The molecular weight excluding hydrogens is 460 g/mol. The number of nitrogens with one attached hydrogen (secondary N) is 1. The number of fused-ring (bicyclic) bond motifs is 1. The summed E-state index contributed by atoms with van der Waals surface area (Å²) in [6.45, 7) is 3.68. The summed E-state index contributed by atoms with van der Waals surface area (Å²) >= 11 is 1.55. The van der Waals surface area contributed by atoms with E-state index in [0.29, 0.717) is 32.5 Å². The van der Waals surface area contributed by atoms with Crippen LogP contribution in [-0.4, -0.2) is 53.7 Å². The highest BCUT2D eigenvalue weighted by Gasteiger charge is 2.28. The van der Waals surface area contributed by atoms with Crippen LogP contribution in [0.1, 0.15) is 46.5 Å². The molecule has 184 valence electrons. The number of aliphatic imine (C=N–C) groups is 1. The van der Waals surface area contributed by atoms with Gasteiger partial charge in [0.2, 0.25) is 12.3 Å². The van der Waals surface area contributed by atoms with Gasteiger partial charge in [0.05, 0.1) is 6.61 Å². The first-order chi connectivity index (χ1) is 17.0. The first kappa shape index (κ1) is 25.2. The number of benzene rings is 1. The Kier molecular flexibility index (Phi) is 8.76. The zero-order chi connectivity index (χ0) is 24.6. The minimum Gasteiger partial charge on any atom is -0.356 e. The molecule has 4 rings (SSSR count). The lowest BCUT2D eigenvalue weighted by Crippen LogP contribution is -2.40. The highest BCUT2D eigenvalue weighted by atomic mass is 32.1. The van der Waals surface area contributed by atoms with Crippen molar-refractivity contribution in [3.8, 4) is 0 Å². The predicted molar refractivity (Wildman–Crippen MR) is 140 cm³/mol. The number of carbonyl (C=O) groups excluding carboxylic acids is 1. The van der Waals surface area contributed by atoms with Gasteiger partial charge in [-0.15, -0.1) is 11.3 Å². The van der Waals surface area contributed by atoms with E-state index in [4.69, 9.17) is 4.74 Å². The van der Waals surface area contributed by atoms with E-state index in [1.165, 1.54) is 5.56 Å². The topological polar surface area (TPSA) is 87.1 Å². The van der Waals surface area contributed by atoms with Crippen LogP contribution >= 0.6 is 11.3 Å². The monoisotopic (exact) mass is 492 g/mol. The normalized spacial score (nSPS) is 15.6. The van der Waals surface area contributed by atoms with E-state index in [-0.39, 0.29) is 11.8 Å². The number of thiophene rings is 1. The summed E-state index contributed by atoms with van der Waals surface area (Å²) in [5.74, 6) is 0.114. The summed E-state index contributed by atoms with van der Waals surface area (Å²) < 4.78 is 5.69. The molecule has 0 saturated carbocycles. The van der Waals surface area contributed by atoms with Crippen molar-refractivity contribution in [1.82, 2.24) is 9.88 Å². The maximum Gasteiger partial charge on any atom is 0.225 e. The highest BCUT2D eigenvalue weighted by Crippen LogP contribution is 2.37. The summed E-state index contributed by atoms with van der Waals surface area (Å²) in [7, 11) is 1.74. The van der Waals surface area contributed by atoms with Crippen LogP contribution in [0.15, 0.2) is 59.7 Å². The van der Waals surface area contributed by atoms with E-state index in [9.17, 15) is 9.90 Å². The van der Waals surface area contributed by atoms with Crippen molar-refractivity contribution in [2.75, 3.05) is 25.5 Å². The lowest BCUT2D eigenvalue weighted by Gasteiger charge is -2.30. The second kappa shape index (κ2) is 12.2. The van der Waals surface area contributed by atoms with Crippen LogP contribution in [0, 0.1) is 0 Å². The average molecular weight is 493 g/mol. The Bertz CT molecular complexity index is 1130. The van der Waals surface area contributed by atoms with Crippen molar-refractivity contribution in [2.24, 2.45) is 4.99 Å². The Morgan fingerprint density at radius 3 is 2.83 bits per heavy atom. The Balaban J connectivity index is 1.37. The fourth-order valence-electron chi connectivity index (χ4n) is 4.27. The summed E-state index contributed by atoms with van der Waals surface area (Å²) in [6.07, 6.45) is 4.40. The van der Waals surface area contributed by atoms with Crippen LogP contribution in [0.4, 0.5) is 5.00 Å². The van der Waals surface area contributed by atoms with Crippen LogP contribution in [0.2, 0.25) is 0 Å². The molecule has 3 heterocycles. The van der Waals surface area contributed by atoms with E-state index >= 15 is 0 Å². The number of rotatable bonds is 10. The van der Waals surface area contributed by atoms with Gasteiger partial charge in [0.15, 0.2) is 0 Å². The zero-order valence-electron chi connectivity index (χ0n) is 20.2. The lowest BCUT2D eigenvalue weighted by molar-refractivity contribution is -0.197. The highest BCUT2D eigenvalue weighted by molar-refractivity contribution is 7.16. The van der Waals surface area contributed by atoms with E-state index < -0.39 is 6.41 Å². The number of anilines is 1. The van der Waals surface area contributed by atoms with Gasteiger partial charge in [0.1, 0.15) is 5.00 Å². The molecule has 0 radical (unpaired) electrons. The molecule has 2 aromatic heterocycles. The molecule has 2 atom stereocenters. The molecular formula is C27H32N4O3S. The SMILES string of the molecule is CN=Cc1c(NC(=O)CC(C)c2ccccc2)sc2c1CCN(C(O)OCCc1ccccn1)C2. The Hall–Kier alpha value is -2.91. The molecule has 1 aliphatic heterocycles. The Labute approximate surface area is 210 Å². The van der Waals surface area contributed by atoms with Gasteiger partial charge in [0.25, 0.3) is 0 Å². The molecule has 3 aromatic rings. The third-order valence-electron chi connectivity index (χ3n) is 6.16. The first-order valence-electron chi connectivity index (χ1n) is 11.9. The second-order valence-electron chi connectivity index (χ2n) is 8.69. The standard InChI is InChI=1S/C27H32N4O3S/c1-19(20-8-4-3-5-9-20)16-25(32)30-26-23(17-28-2)22-11-14-31(18-24(22)35-26)27(33)34-15-12-21-10-6-7-13-29-21/h3-10,13,17,19,27,33H,11-12,14-16,18H2,1-2H3,(H,30,32). The number of pyridine rings is 1. The largest absolute Gasteiger partial charge is 0.356 e. The smallest absolute Gasteiger partial charge is 0.225 e. The summed E-state index contributed by atoms with van der Waals surface area (Å²) in [5.41, 5.74) is 4.24. The molecule has 0 spiro atoms. The van der Waals surface area contributed by atoms with Gasteiger partial charge in [0, 0.05) is 61.5 Å². The van der Waals surface area contributed by atoms with Crippen molar-refractivity contribution in [3.05, 3.63) is 82.0 Å². The number of carbonyl (C=O) groups is 1. The molecule has 2 unspecified atom stereocenters. The van der Waals surface area contributed by atoms with Crippen molar-refractivity contribution in [2.45, 2.75) is 45.1 Å². The van der Waals surface area contributed by atoms with Crippen LogP contribution < -0.4 is 5.32 Å². The molecule has 0 fully saturated rings. The van der Waals surface area contributed by atoms with Crippen molar-refractivity contribution < 1.29 is 14.6 Å². The van der Waals surface area contributed by atoms with Gasteiger partial charge in [-0.3, -0.25) is 14.8 Å². The van der Waals surface area contributed by atoms with Crippen LogP contribution in [-0.2, 0) is 28.9 Å². The number of hydrogen-bond acceptors (Lipinski definition) is 7. The number of aliphatic hydroxyl groups is 1. The molecule has 1 amide bonds. The van der Waals surface area contributed by atoms with Crippen molar-refractivity contribution in [1.29, 1.82) is 0 Å². The van der Waals surface area contributed by atoms with Gasteiger partial charge < -0.3 is 15.2 Å². The third-order valence-corrected chi connectivity index (χ3v) is 7.31. The van der Waals surface area contributed by atoms with Gasteiger partial charge >= 0.3 is 0 Å². The molecule has 35 heavy (non-hydrogen) atoms. The summed E-state index contributed by atoms with van der Waals surface area (Å²) in [5, 5.41) is 14.5. The molecule has 1 aromatic carbocycles. The van der Waals surface area contributed by atoms with Gasteiger partial charge in [-0.25, -0.2) is 4.90 Å². The van der Waals surface area contributed by atoms with Gasteiger partial charge in [-0.05, 0) is 35.6 Å². The van der Waals surface area contributed by atoms with Crippen molar-refractivity contribution >= 4 is 28.5 Å². The van der Waals surface area contributed by atoms with Crippen LogP contribution in [0.5, 0.6) is 0 Å².